The van der Waals surface area contributed by atoms with Crippen molar-refractivity contribution in [2.75, 3.05) is 0 Å². The summed E-state index contributed by atoms with van der Waals surface area (Å²) in [5.74, 6) is 0.862. The monoisotopic (exact) mass is 273 g/mol. The van der Waals surface area contributed by atoms with Crippen molar-refractivity contribution in [2.45, 2.75) is 52.7 Å². The predicted octanol–water partition coefficient (Wildman–Crippen LogP) is 1.65. The maximum atomic E-state index is 6.12. The second kappa shape index (κ2) is 4.05. The van der Waals surface area contributed by atoms with Gasteiger partial charge in [0.25, 0.3) is 0 Å². The van der Waals surface area contributed by atoms with Crippen molar-refractivity contribution in [3.63, 3.8) is 0 Å². The lowest BCUT2D eigenvalue weighted by Crippen LogP contribution is -2.41. The first-order chi connectivity index (χ1) is 9.21. The van der Waals surface area contributed by atoms with Gasteiger partial charge in [-0.15, -0.1) is 10.2 Å². The molecule has 0 aliphatic carbocycles. The molecule has 3 rings (SSSR count). The summed E-state index contributed by atoms with van der Waals surface area (Å²) < 4.78 is 14.2. The summed E-state index contributed by atoms with van der Waals surface area (Å²) in [4.78, 5) is 0. The molecule has 0 spiro atoms. The quantitative estimate of drug-likeness (QED) is 0.741. The first kappa shape index (κ1) is 13.6. The Labute approximate surface area is 119 Å². The number of pyridine rings is 1. The zero-order chi connectivity index (χ0) is 14.7. The van der Waals surface area contributed by atoms with Crippen LogP contribution in [0.2, 0.25) is 0 Å². The molecule has 1 aliphatic heterocycles. The highest BCUT2D eigenvalue weighted by molar-refractivity contribution is 6.64. The number of rotatable bonds is 1. The molecular formula is C14H20BN3O2. The van der Waals surface area contributed by atoms with E-state index >= 15 is 0 Å². The van der Waals surface area contributed by atoms with Crippen molar-refractivity contribution in [3.8, 4) is 0 Å². The third-order valence-electron chi connectivity index (χ3n) is 4.35. The molecule has 1 fully saturated rings. The Balaban J connectivity index is 2.12. The van der Waals surface area contributed by atoms with Crippen LogP contribution in [-0.4, -0.2) is 32.9 Å². The summed E-state index contributed by atoms with van der Waals surface area (Å²) in [5, 5.41) is 8.40. The summed E-state index contributed by atoms with van der Waals surface area (Å²) >= 11 is 0. The normalized spacial score (nSPS) is 20.8. The van der Waals surface area contributed by atoms with Crippen molar-refractivity contribution in [3.05, 3.63) is 23.7 Å². The minimum atomic E-state index is -0.411. The molecule has 2 aromatic rings. The van der Waals surface area contributed by atoms with Crippen LogP contribution in [-0.2, 0) is 9.31 Å². The Morgan fingerprint density at radius 1 is 1.05 bits per heavy atom. The van der Waals surface area contributed by atoms with E-state index in [1.807, 2.05) is 24.4 Å². The average Bonchev–Trinajstić information content (AvgIpc) is 2.78. The van der Waals surface area contributed by atoms with Crippen LogP contribution in [0.3, 0.4) is 0 Å². The second-order valence-corrected chi connectivity index (χ2v) is 6.50. The largest absolute Gasteiger partial charge is 0.498 e. The van der Waals surface area contributed by atoms with Gasteiger partial charge in [-0.25, -0.2) is 0 Å². The van der Waals surface area contributed by atoms with Gasteiger partial charge in [-0.1, -0.05) is 6.07 Å². The molecule has 106 valence electrons. The Morgan fingerprint density at radius 2 is 1.65 bits per heavy atom. The number of aromatic nitrogens is 3. The van der Waals surface area contributed by atoms with Crippen LogP contribution in [0, 0.1) is 13.8 Å². The molecule has 20 heavy (non-hydrogen) atoms. The van der Waals surface area contributed by atoms with Gasteiger partial charge in [0.15, 0.2) is 5.65 Å². The number of hydrogen-bond acceptors (Lipinski definition) is 4. The van der Waals surface area contributed by atoms with Crippen LogP contribution >= 0.6 is 0 Å². The highest BCUT2D eigenvalue weighted by Gasteiger charge is 2.52. The number of hydrogen-bond donors (Lipinski definition) is 0. The van der Waals surface area contributed by atoms with Crippen molar-refractivity contribution in [2.24, 2.45) is 0 Å². The first-order valence-electron chi connectivity index (χ1n) is 6.89. The van der Waals surface area contributed by atoms with E-state index < -0.39 is 7.12 Å². The summed E-state index contributed by atoms with van der Waals surface area (Å²) in [6, 6.07) is 2.06. The third-order valence-corrected chi connectivity index (χ3v) is 4.35. The summed E-state index contributed by atoms with van der Waals surface area (Å²) in [5.41, 5.74) is 2.15. The smallest absolute Gasteiger partial charge is 0.399 e. The summed E-state index contributed by atoms with van der Waals surface area (Å²) in [6.45, 7) is 12.2. The van der Waals surface area contributed by atoms with Crippen LogP contribution in [0.5, 0.6) is 0 Å². The van der Waals surface area contributed by atoms with Crippen LogP contribution < -0.4 is 5.46 Å². The second-order valence-electron chi connectivity index (χ2n) is 6.50. The minimum Gasteiger partial charge on any atom is -0.399 e. The van der Waals surface area contributed by atoms with Crippen LogP contribution in [0.4, 0.5) is 0 Å². The average molecular weight is 273 g/mol. The summed E-state index contributed by atoms with van der Waals surface area (Å²) in [7, 11) is -0.411. The Bertz CT molecular complexity index is 662. The fraction of sp³-hybridized carbons (Fsp3) is 0.571. The Hall–Kier alpha value is -1.40. The van der Waals surface area contributed by atoms with Gasteiger partial charge in [0.1, 0.15) is 5.82 Å². The topological polar surface area (TPSA) is 48.7 Å². The van der Waals surface area contributed by atoms with E-state index in [4.69, 9.17) is 9.31 Å². The van der Waals surface area contributed by atoms with E-state index in [9.17, 15) is 0 Å². The molecule has 0 aromatic carbocycles. The fourth-order valence-corrected chi connectivity index (χ4v) is 2.41. The number of aryl methyl sites for hydroxylation is 2. The van der Waals surface area contributed by atoms with Crippen molar-refractivity contribution in [1.29, 1.82) is 0 Å². The molecule has 6 heteroatoms. The standard InChI is InChI=1S/C14H20BN3O2/c1-9-7-11(12-17-16-10(2)18(12)8-9)15-19-13(3,4)14(5,6)20-15/h7-8H,1-6H3. The molecule has 2 aromatic heterocycles. The maximum absolute atomic E-state index is 6.12. The van der Waals surface area contributed by atoms with E-state index in [1.54, 1.807) is 0 Å². The molecule has 0 bridgehead atoms. The molecule has 0 saturated carbocycles. The van der Waals surface area contributed by atoms with Gasteiger partial charge in [-0.05, 0) is 47.1 Å². The molecule has 3 heterocycles. The van der Waals surface area contributed by atoms with Crippen molar-refractivity contribution in [1.82, 2.24) is 14.6 Å². The molecule has 0 unspecified atom stereocenters. The molecule has 1 aliphatic rings. The molecule has 5 nitrogen and oxygen atoms in total. The van der Waals surface area contributed by atoms with Crippen molar-refractivity contribution < 1.29 is 9.31 Å². The fourth-order valence-electron chi connectivity index (χ4n) is 2.41. The molecule has 0 N–H and O–H groups in total. The molecular weight excluding hydrogens is 253 g/mol. The lowest BCUT2D eigenvalue weighted by molar-refractivity contribution is 0.00578. The van der Waals surface area contributed by atoms with E-state index in [1.165, 1.54) is 0 Å². The van der Waals surface area contributed by atoms with Crippen LogP contribution in [0.1, 0.15) is 39.1 Å². The lowest BCUT2D eigenvalue weighted by Gasteiger charge is -2.32. The van der Waals surface area contributed by atoms with E-state index in [0.29, 0.717) is 0 Å². The number of fused-ring (bicyclic) bond motifs is 1. The van der Waals surface area contributed by atoms with Crippen LogP contribution in [0.25, 0.3) is 5.65 Å². The third kappa shape index (κ3) is 1.86. The summed E-state index contributed by atoms with van der Waals surface area (Å²) in [6.07, 6.45) is 2.03. The van der Waals surface area contributed by atoms with Gasteiger partial charge in [-0.3, -0.25) is 4.40 Å². The van der Waals surface area contributed by atoms with Crippen LogP contribution in [0.15, 0.2) is 12.3 Å². The van der Waals surface area contributed by atoms with E-state index in [0.717, 1.165) is 22.5 Å². The van der Waals surface area contributed by atoms with E-state index in [-0.39, 0.29) is 11.2 Å². The van der Waals surface area contributed by atoms with E-state index in [2.05, 4.69) is 44.0 Å². The minimum absolute atomic E-state index is 0.354. The lowest BCUT2D eigenvalue weighted by atomic mass is 9.79. The van der Waals surface area contributed by atoms with Gasteiger partial charge < -0.3 is 9.31 Å². The van der Waals surface area contributed by atoms with Gasteiger partial charge >= 0.3 is 7.12 Å². The SMILES string of the molecule is Cc1cc(B2OC(C)(C)C(C)(C)O2)c2nnc(C)n2c1. The zero-order valence-corrected chi connectivity index (χ0v) is 12.9. The predicted molar refractivity (Wildman–Crippen MR) is 78.2 cm³/mol. The Kier molecular flexibility index (Phi) is 2.75. The maximum Gasteiger partial charge on any atom is 0.498 e. The van der Waals surface area contributed by atoms with Gasteiger partial charge in [-0.2, -0.15) is 0 Å². The molecule has 0 amide bonds. The van der Waals surface area contributed by atoms with Gasteiger partial charge in [0.05, 0.1) is 11.2 Å². The zero-order valence-electron chi connectivity index (χ0n) is 12.9. The highest BCUT2D eigenvalue weighted by Crippen LogP contribution is 2.36. The van der Waals surface area contributed by atoms with Crippen molar-refractivity contribution >= 4 is 18.2 Å². The highest BCUT2D eigenvalue weighted by atomic mass is 16.7. The number of nitrogens with zero attached hydrogens (tertiary/aromatic N) is 3. The van der Waals surface area contributed by atoms with Gasteiger partial charge in [0.2, 0.25) is 0 Å². The Morgan fingerprint density at radius 3 is 2.25 bits per heavy atom. The molecule has 1 saturated heterocycles. The first-order valence-corrected chi connectivity index (χ1v) is 6.89. The molecule has 0 radical (unpaired) electrons. The molecule has 0 atom stereocenters. The van der Waals surface area contributed by atoms with Gasteiger partial charge in [0, 0.05) is 11.7 Å².